The summed E-state index contributed by atoms with van der Waals surface area (Å²) in [5.41, 5.74) is 3.27. The molecule has 4 rings (SSSR count). The third-order valence-corrected chi connectivity index (χ3v) is 4.22. The highest BCUT2D eigenvalue weighted by Gasteiger charge is 2.17. The molecule has 2 N–H and O–H groups in total. The van der Waals surface area contributed by atoms with Crippen LogP contribution in [0.5, 0.6) is 5.75 Å². The largest absolute Gasteiger partial charge is 0.494 e. The number of aromatic nitrogens is 2. The Morgan fingerprint density at radius 1 is 1.08 bits per heavy atom. The fraction of sp³-hybridized carbons (Fsp3) is 0.100. The van der Waals surface area contributed by atoms with Crippen molar-refractivity contribution in [3.05, 3.63) is 54.6 Å². The summed E-state index contributed by atoms with van der Waals surface area (Å²) in [6.07, 6.45) is 0. The molecule has 0 aliphatic carbocycles. The van der Waals surface area contributed by atoms with Crippen LogP contribution in [0.3, 0.4) is 0 Å². The number of hydrogen-bond donors (Lipinski definition) is 2. The maximum absolute atomic E-state index is 11.5. The van der Waals surface area contributed by atoms with Crippen molar-refractivity contribution < 1.29 is 9.53 Å². The highest BCUT2D eigenvalue weighted by atomic mass is 16.5. The summed E-state index contributed by atoms with van der Waals surface area (Å²) in [4.78, 5) is 11.5. The van der Waals surface area contributed by atoms with Gasteiger partial charge in [0.1, 0.15) is 5.69 Å². The molecule has 0 atom stereocenters. The molecule has 5 nitrogen and oxygen atoms in total. The number of aromatic amines is 1. The number of nitrogens with one attached hydrogen (secondary N) is 2. The van der Waals surface area contributed by atoms with E-state index in [0.29, 0.717) is 11.4 Å². The van der Waals surface area contributed by atoms with Gasteiger partial charge in [0.2, 0.25) is 5.91 Å². The number of methoxy groups -OCH3 is 1. The van der Waals surface area contributed by atoms with Gasteiger partial charge in [-0.3, -0.25) is 9.89 Å². The van der Waals surface area contributed by atoms with Crippen LogP contribution in [0.1, 0.15) is 6.92 Å². The van der Waals surface area contributed by atoms with Crippen molar-refractivity contribution in [2.24, 2.45) is 0 Å². The summed E-state index contributed by atoms with van der Waals surface area (Å²) >= 11 is 0. The van der Waals surface area contributed by atoms with Crippen molar-refractivity contribution in [3.63, 3.8) is 0 Å². The highest BCUT2D eigenvalue weighted by Crippen LogP contribution is 2.39. The van der Waals surface area contributed by atoms with E-state index in [-0.39, 0.29) is 5.91 Å². The molecule has 0 bridgehead atoms. The molecule has 0 spiro atoms. The van der Waals surface area contributed by atoms with E-state index in [1.807, 2.05) is 30.3 Å². The molecule has 3 aromatic carbocycles. The van der Waals surface area contributed by atoms with E-state index in [2.05, 4.69) is 39.8 Å². The van der Waals surface area contributed by atoms with Gasteiger partial charge >= 0.3 is 0 Å². The second kappa shape index (κ2) is 5.94. The average molecular weight is 331 g/mol. The van der Waals surface area contributed by atoms with Gasteiger partial charge in [0.05, 0.1) is 23.7 Å². The molecular weight excluding hydrogens is 314 g/mol. The molecule has 4 aromatic rings. The Kier molecular flexibility index (Phi) is 3.61. The molecule has 0 saturated carbocycles. The Morgan fingerprint density at radius 2 is 1.88 bits per heavy atom. The fourth-order valence-electron chi connectivity index (χ4n) is 3.13. The second-order valence-electron chi connectivity index (χ2n) is 5.88. The minimum atomic E-state index is -0.145. The number of hydrogen-bond acceptors (Lipinski definition) is 3. The third kappa shape index (κ3) is 2.59. The number of ether oxygens (including phenoxy) is 1. The minimum Gasteiger partial charge on any atom is -0.494 e. The van der Waals surface area contributed by atoms with Crippen LogP contribution in [0.15, 0.2) is 54.6 Å². The van der Waals surface area contributed by atoms with Crippen LogP contribution >= 0.6 is 0 Å². The van der Waals surface area contributed by atoms with Crippen LogP contribution in [0.4, 0.5) is 5.69 Å². The highest BCUT2D eigenvalue weighted by molar-refractivity contribution is 6.04. The molecule has 0 aliphatic rings. The first-order valence-corrected chi connectivity index (χ1v) is 7.99. The molecule has 25 heavy (non-hydrogen) atoms. The van der Waals surface area contributed by atoms with Crippen molar-refractivity contribution in [1.29, 1.82) is 0 Å². The SMILES string of the molecule is COc1c(NC(C)=O)ccc2[nH]nc(-c3ccc4ccccc4c3)c12. The molecule has 0 saturated heterocycles. The lowest BCUT2D eigenvalue weighted by Gasteiger charge is -2.11. The van der Waals surface area contributed by atoms with E-state index in [1.165, 1.54) is 12.3 Å². The lowest BCUT2D eigenvalue weighted by atomic mass is 10.0. The Bertz CT molecular complexity index is 1100. The first kappa shape index (κ1) is 15.2. The van der Waals surface area contributed by atoms with Crippen LogP contribution in [0.25, 0.3) is 32.9 Å². The van der Waals surface area contributed by atoms with Gasteiger partial charge in [0, 0.05) is 12.5 Å². The number of H-pyrrole nitrogens is 1. The Labute approximate surface area is 144 Å². The van der Waals surface area contributed by atoms with E-state index in [0.717, 1.165) is 27.5 Å². The number of carbonyl (C=O) groups excluding carboxylic acids is 1. The summed E-state index contributed by atoms with van der Waals surface area (Å²) in [5.74, 6) is 0.456. The zero-order valence-corrected chi connectivity index (χ0v) is 14.0. The summed E-state index contributed by atoms with van der Waals surface area (Å²) < 4.78 is 5.59. The Morgan fingerprint density at radius 3 is 2.64 bits per heavy atom. The minimum absolute atomic E-state index is 0.145. The fourth-order valence-corrected chi connectivity index (χ4v) is 3.13. The van der Waals surface area contributed by atoms with Crippen LogP contribution in [-0.4, -0.2) is 23.2 Å². The van der Waals surface area contributed by atoms with E-state index in [9.17, 15) is 4.79 Å². The van der Waals surface area contributed by atoms with Crippen LogP contribution in [-0.2, 0) is 4.79 Å². The first-order valence-electron chi connectivity index (χ1n) is 7.99. The third-order valence-electron chi connectivity index (χ3n) is 4.22. The molecule has 0 fully saturated rings. The van der Waals surface area contributed by atoms with Gasteiger partial charge in [-0.15, -0.1) is 0 Å². The molecule has 1 amide bonds. The standard InChI is InChI=1S/C20H17N3O2/c1-12(24)21-17-10-9-16-18(20(17)25-2)19(23-22-16)15-8-7-13-5-3-4-6-14(13)11-15/h3-11H,1-2H3,(H,21,24)(H,22,23). The molecule has 124 valence electrons. The first-order chi connectivity index (χ1) is 12.2. The number of amides is 1. The number of rotatable bonds is 3. The maximum atomic E-state index is 11.5. The van der Waals surface area contributed by atoms with E-state index < -0.39 is 0 Å². The van der Waals surface area contributed by atoms with E-state index >= 15 is 0 Å². The average Bonchev–Trinajstić information content (AvgIpc) is 3.05. The van der Waals surface area contributed by atoms with Gasteiger partial charge in [-0.05, 0) is 29.0 Å². The lowest BCUT2D eigenvalue weighted by Crippen LogP contribution is -2.07. The van der Waals surface area contributed by atoms with Crippen molar-refractivity contribution in [2.45, 2.75) is 6.92 Å². The van der Waals surface area contributed by atoms with Gasteiger partial charge in [-0.2, -0.15) is 5.10 Å². The van der Waals surface area contributed by atoms with Crippen molar-refractivity contribution in [3.8, 4) is 17.0 Å². The van der Waals surface area contributed by atoms with E-state index in [1.54, 1.807) is 7.11 Å². The summed E-state index contributed by atoms with van der Waals surface area (Å²) in [7, 11) is 1.59. The van der Waals surface area contributed by atoms with Gasteiger partial charge in [-0.25, -0.2) is 0 Å². The smallest absolute Gasteiger partial charge is 0.221 e. The molecule has 1 aromatic heterocycles. The normalized spacial score (nSPS) is 11.0. The maximum Gasteiger partial charge on any atom is 0.221 e. The summed E-state index contributed by atoms with van der Waals surface area (Å²) in [6.45, 7) is 1.48. The quantitative estimate of drug-likeness (QED) is 0.586. The number of fused-ring (bicyclic) bond motifs is 2. The van der Waals surface area contributed by atoms with Gasteiger partial charge in [0.15, 0.2) is 5.75 Å². The van der Waals surface area contributed by atoms with Crippen LogP contribution in [0, 0.1) is 0 Å². The summed E-state index contributed by atoms with van der Waals surface area (Å²) in [6, 6.07) is 18.1. The number of nitrogens with zero attached hydrogens (tertiary/aromatic N) is 1. The molecule has 1 heterocycles. The zero-order chi connectivity index (χ0) is 17.4. The monoisotopic (exact) mass is 331 g/mol. The van der Waals surface area contributed by atoms with Crippen LogP contribution in [0.2, 0.25) is 0 Å². The van der Waals surface area contributed by atoms with Gasteiger partial charge in [-0.1, -0.05) is 36.4 Å². The number of carbonyl (C=O) groups is 1. The molecule has 5 heteroatoms. The second-order valence-corrected chi connectivity index (χ2v) is 5.88. The Balaban J connectivity index is 1.95. The molecule has 0 radical (unpaired) electrons. The van der Waals surface area contributed by atoms with Crippen molar-refractivity contribution in [2.75, 3.05) is 12.4 Å². The number of anilines is 1. The van der Waals surface area contributed by atoms with Gasteiger partial charge in [0.25, 0.3) is 0 Å². The predicted octanol–water partition coefficient (Wildman–Crippen LogP) is 4.35. The topological polar surface area (TPSA) is 67.0 Å². The van der Waals surface area contributed by atoms with Crippen molar-refractivity contribution in [1.82, 2.24) is 10.2 Å². The zero-order valence-electron chi connectivity index (χ0n) is 14.0. The lowest BCUT2D eigenvalue weighted by molar-refractivity contribution is -0.114. The molecule has 0 aliphatic heterocycles. The number of benzene rings is 3. The summed E-state index contributed by atoms with van der Waals surface area (Å²) in [5, 5.41) is 13.5. The van der Waals surface area contributed by atoms with Crippen molar-refractivity contribution >= 4 is 33.3 Å². The molecular formula is C20H17N3O2. The Hall–Kier alpha value is -3.34. The molecule has 0 unspecified atom stereocenters. The van der Waals surface area contributed by atoms with Gasteiger partial charge < -0.3 is 10.1 Å². The van der Waals surface area contributed by atoms with E-state index in [4.69, 9.17) is 4.74 Å². The van der Waals surface area contributed by atoms with Crippen LogP contribution < -0.4 is 10.1 Å². The predicted molar refractivity (Wildman–Crippen MR) is 99.9 cm³/mol.